The van der Waals surface area contributed by atoms with Crippen LogP contribution in [0.5, 0.6) is 0 Å². The normalized spacial score (nSPS) is 35.5. The Morgan fingerprint density at radius 3 is 2.53 bits per heavy atom. The quantitative estimate of drug-likeness (QED) is 0.263. The maximum absolute atomic E-state index is 13.0. The topological polar surface area (TPSA) is 101 Å². The van der Waals surface area contributed by atoms with Gasteiger partial charge in [-0.15, -0.1) is 0 Å². The lowest BCUT2D eigenvalue weighted by molar-refractivity contribution is -0.204. The highest BCUT2D eigenvalue weighted by Crippen LogP contribution is 2.52. The molecule has 0 bridgehead atoms. The summed E-state index contributed by atoms with van der Waals surface area (Å²) in [7, 11) is 0. The van der Waals surface area contributed by atoms with Crippen molar-refractivity contribution in [2.24, 2.45) is 5.41 Å². The van der Waals surface area contributed by atoms with Crippen LogP contribution in [0.15, 0.2) is 22.8 Å². The lowest BCUT2D eigenvalue weighted by Crippen LogP contribution is -2.42. The zero-order valence-electron chi connectivity index (χ0n) is 19.4. The molecule has 0 radical (unpaired) electrons. The second kappa shape index (κ2) is 8.30. The Morgan fingerprint density at radius 2 is 1.91 bits per heavy atom. The first-order valence-corrected chi connectivity index (χ1v) is 11.3. The predicted octanol–water partition coefficient (Wildman–Crippen LogP) is 3.48. The summed E-state index contributed by atoms with van der Waals surface area (Å²) in [5.74, 6) is -1.49. The van der Waals surface area contributed by atoms with Crippen molar-refractivity contribution >= 4 is 17.9 Å². The lowest BCUT2D eigenvalue weighted by atomic mass is 9.70. The summed E-state index contributed by atoms with van der Waals surface area (Å²) in [4.78, 5) is 35.8. The van der Waals surface area contributed by atoms with Crippen LogP contribution in [0, 0.1) is 5.41 Å². The van der Waals surface area contributed by atoms with Crippen molar-refractivity contribution < 1.29 is 38.1 Å². The third-order valence-corrected chi connectivity index (χ3v) is 7.06. The fourth-order valence-electron chi connectivity index (χ4n) is 5.38. The Labute approximate surface area is 188 Å². The van der Waals surface area contributed by atoms with Crippen molar-refractivity contribution in [3.05, 3.63) is 22.8 Å². The van der Waals surface area contributed by atoms with E-state index >= 15 is 0 Å². The van der Waals surface area contributed by atoms with Crippen LogP contribution in [0.3, 0.4) is 0 Å². The standard InChI is InChI=1S/C24H32O8/c1-13-7-6-9-23(4,5)17(13)8-10-24-19(32-24)12-18(30-22(24)27)16-11-20(28-14(2)25)31-21(16)29-15(3)26/h11,18-21H,6-10,12H2,1-5H3/t18-,19-,20-,21+,24-/m1/s1. The van der Waals surface area contributed by atoms with Gasteiger partial charge >= 0.3 is 17.9 Å². The van der Waals surface area contributed by atoms with Crippen molar-refractivity contribution in [3.8, 4) is 0 Å². The molecule has 3 aliphatic heterocycles. The van der Waals surface area contributed by atoms with Crippen molar-refractivity contribution in [1.29, 1.82) is 0 Å². The minimum Gasteiger partial charge on any atom is -0.455 e. The van der Waals surface area contributed by atoms with Gasteiger partial charge in [-0.1, -0.05) is 25.0 Å². The Balaban J connectivity index is 1.44. The molecule has 0 aromatic carbocycles. The highest BCUT2D eigenvalue weighted by atomic mass is 16.8. The summed E-state index contributed by atoms with van der Waals surface area (Å²) < 4.78 is 27.4. The number of cyclic esters (lactones) is 1. The maximum atomic E-state index is 13.0. The van der Waals surface area contributed by atoms with E-state index in [0.717, 1.165) is 19.3 Å². The summed E-state index contributed by atoms with van der Waals surface area (Å²) in [6.45, 7) is 9.24. The molecule has 0 unspecified atom stereocenters. The van der Waals surface area contributed by atoms with Gasteiger partial charge in [0.05, 0.1) is 0 Å². The van der Waals surface area contributed by atoms with Gasteiger partial charge in [-0.3, -0.25) is 14.3 Å². The van der Waals surface area contributed by atoms with Gasteiger partial charge in [0.1, 0.15) is 12.2 Å². The Kier molecular flexibility index (Phi) is 5.96. The second-order valence-electron chi connectivity index (χ2n) is 9.84. The summed E-state index contributed by atoms with van der Waals surface area (Å²) >= 11 is 0. The van der Waals surface area contributed by atoms with E-state index in [2.05, 4.69) is 20.8 Å². The van der Waals surface area contributed by atoms with E-state index in [1.165, 1.54) is 37.5 Å². The van der Waals surface area contributed by atoms with Crippen LogP contribution in [0.1, 0.15) is 73.1 Å². The zero-order chi connectivity index (χ0) is 23.3. The molecule has 0 N–H and O–H groups in total. The molecule has 32 heavy (non-hydrogen) atoms. The van der Waals surface area contributed by atoms with Gasteiger partial charge in [-0.2, -0.15) is 0 Å². The van der Waals surface area contributed by atoms with Crippen LogP contribution in [0.4, 0.5) is 0 Å². The van der Waals surface area contributed by atoms with Crippen molar-refractivity contribution in [3.63, 3.8) is 0 Å². The van der Waals surface area contributed by atoms with Crippen molar-refractivity contribution in [2.45, 2.75) is 104 Å². The predicted molar refractivity (Wildman–Crippen MR) is 112 cm³/mol. The fourth-order valence-corrected chi connectivity index (χ4v) is 5.38. The van der Waals surface area contributed by atoms with Gasteiger partial charge < -0.3 is 18.9 Å². The highest BCUT2D eigenvalue weighted by Gasteiger charge is 2.67. The van der Waals surface area contributed by atoms with Crippen LogP contribution in [0.2, 0.25) is 0 Å². The first kappa shape index (κ1) is 23.0. The molecule has 1 aliphatic carbocycles. The molecule has 3 heterocycles. The van der Waals surface area contributed by atoms with Crippen LogP contribution >= 0.6 is 0 Å². The molecule has 5 atom stereocenters. The van der Waals surface area contributed by atoms with Gasteiger partial charge in [-0.05, 0) is 50.5 Å². The fraction of sp³-hybridized carbons (Fsp3) is 0.708. The molecule has 0 amide bonds. The molecule has 0 aromatic rings. The summed E-state index contributed by atoms with van der Waals surface area (Å²) in [5, 5.41) is 0. The van der Waals surface area contributed by atoms with E-state index in [0.29, 0.717) is 18.4 Å². The minimum atomic E-state index is -1.07. The average molecular weight is 449 g/mol. The molecule has 8 nitrogen and oxygen atoms in total. The molecule has 2 saturated heterocycles. The van der Waals surface area contributed by atoms with Crippen LogP contribution < -0.4 is 0 Å². The third-order valence-electron chi connectivity index (χ3n) is 7.06. The molecule has 8 heteroatoms. The monoisotopic (exact) mass is 448 g/mol. The van der Waals surface area contributed by atoms with E-state index in [-0.39, 0.29) is 11.5 Å². The van der Waals surface area contributed by atoms with Crippen LogP contribution in [-0.4, -0.2) is 48.3 Å². The summed E-state index contributed by atoms with van der Waals surface area (Å²) in [6.07, 6.45) is 3.84. The van der Waals surface area contributed by atoms with E-state index in [4.69, 9.17) is 23.7 Å². The number of epoxide rings is 1. The van der Waals surface area contributed by atoms with Gasteiger partial charge in [0.15, 0.2) is 5.60 Å². The second-order valence-corrected chi connectivity index (χ2v) is 9.84. The maximum Gasteiger partial charge on any atom is 0.341 e. The molecular weight excluding hydrogens is 416 g/mol. The number of carbonyl (C=O) groups excluding carboxylic acids is 3. The smallest absolute Gasteiger partial charge is 0.341 e. The number of fused-ring (bicyclic) bond motifs is 1. The molecule has 4 rings (SSSR count). The molecule has 0 aromatic heterocycles. The molecule has 4 aliphatic rings. The van der Waals surface area contributed by atoms with Gasteiger partial charge in [0, 0.05) is 25.8 Å². The SMILES string of the molecule is CC(=O)O[C@H]1C=C([C@H]2C[C@H]3O[C@@]3(CCC3=C(C)CCCC3(C)C)C(=O)O2)[C@@H](OC(C)=O)O1. The Bertz CT molecular complexity index is 884. The van der Waals surface area contributed by atoms with Crippen molar-refractivity contribution in [1.82, 2.24) is 0 Å². The number of hydrogen-bond acceptors (Lipinski definition) is 8. The molecule has 2 fully saturated rings. The first-order valence-electron chi connectivity index (χ1n) is 11.3. The van der Waals surface area contributed by atoms with E-state index < -0.39 is 42.2 Å². The van der Waals surface area contributed by atoms with E-state index in [9.17, 15) is 14.4 Å². The largest absolute Gasteiger partial charge is 0.455 e. The summed E-state index contributed by atoms with van der Waals surface area (Å²) in [6, 6.07) is 0. The van der Waals surface area contributed by atoms with E-state index in [1.807, 2.05) is 0 Å². The van der Waals surface area contributed by atoms with E-state index in [1.54, 1.807) is 0 Å². The molecule has 0 spiro atoms. The number of esters is 3. The number of hydrogen-bond donors (Lipinski definition) is 0. The first-order chi connectivity index (χ1) is 15.0. The number of allylic oxidation sites excluding steroid dienone is 2. The highest BCUT2D eigenvalue weighted by molar-refractivity contribution is 5.85. The van der Waals surface area contributed by atoms with Gasteiger partial charge in [0.2, 0.25) is 12.6 Å². The number of rotatable bonds is 6. The van der Waals surface area contributed by atoms with Crippen LogP contribution in [-0.2, 0) is 38.1 Å². The number of carbonyl (C=O) groups is 3. The third kappa shape index (κ3) is 4.35. The van der Waals surface area contributed by atoms with Crippen LogP contribution in [0.25, 0.3) is 0 Å². The van der Waals surface area contributed by atoms with Gasteiger partial charge in [0.25, 0.3) is 0 Å². The molecule has 176 valence electrons. The molecule has 0 saturated carbocycles. The summed E-state index contributed by atoms with van der Waals surface area (Å²) in [5.41, 5.74) is 2.54. The lowest BCUT2D eigenvalue weighted by Gasteiger charge is -2.35. The zero-order valence-corrected chi connectivity index (χ0v) is 19.4. The molecular formula is C24H32O8. The average Bonchev–Trinajstić information content (AvgIpc) is 3.26. The minimum absolute atomic E-state index is 0.138. The van der Waals surface area contributed by atoms with Gasteiger partial charge in [-0.25, -0.2) is 4.79 Å². The Morgan fingerprint density at radius 1 is 1.19 bits per heavy atom. The van der Waals surface area contributed by atoms with Crippen molar-refractivity contribution in [2.75, 3.05) is 0 Å². The number of ether oxygens (including phenoxy) is 5. The Hall–Kier alpha value is -2.19.